The average Bonchev–Trinajstić information content (AvgIpc) is 2.98. The maximum Gasteiger partial charge on any atom is 0.325 e. The summed E-state index contributed by atoms with van der Waals surface area (Å²) in [6, 6.07) is -0.733. The van der Waals surface area contributed by atoms with Gasteiger partial charge in [0.25, 0.3) is 5.91 Å². The van der Waals surface area contributed by atoms with Gasteiger partial charge in [-0.25, -0.2) is 9.79 Å². The van der Waals surface area contributed by atoms with Gasteiger partial charge in [-0.3, -0.25) is 10.1 Å². The molecule has 0 radical (unpaired) electrons. The predicted octanol–water partition coefficient (Wildman–Crippen LogP) is 4.06. The summed E-state index contributed by atoms with van der Waals surface area (Å²) in [5, 5.41) is 3.40. The molecule has 0 aromatic carbocycles. The standard InChI is InChI=1S/C20H36N4O2S/c1-5-6-7-8-9-10-11-13-24-16-17(23(4)19(26)22-18(16)25)21-20(24)27-14-12-15(2)3/h15-17H,5-14H2,1-4H3,(H,22,25,26). The SMILES string of the molecule is CCCCCCCCCN1C(SCCC(C)C)=NC2C1C(=O)NC(=O)N2C. The molecule has 2 rings (SSSR count). The predicted molar refractivity (Wildman–Crippen MR) is 113 cm³/mol. The van der Waals surface area contributed by atoms with E-state index in [1.807, 2.05) is 0 Å². The van der Waals surface area contributed by atoms with E-state index in [-0.39, 0.29) is 18.0 Å². The van der Waals surface area contributed by atoms with Crippen LogP contribution >= 0.6 is 11.8 Å². The van der Waals surface area contributed by atoms with Crippen molar-refractivity contribution < 1.29 is 9.59 Å². The minimum atomic E-state index is -0.391. The van der Waals surface area contributed by atoms with Crippen molar-refractivity contribution in [1.82, 2.24) is 15.1 Å². The number of fused-ring (bicyclic) bond motifs is 1. The summed E-state index contributed by atoms with van der Waals surface area (Å²) in [5.41, 5.74) is 0. The molecule has 2 aliphatic rings. The summed E-state index contributed by atoms with van der Waals surface area (Å²) in [6.07, 6.45) is 9.41. The van der Waals surface area contributed by atoms with Gasteiger partial charge in [0.2, 0.25) is 0 Å². The van der Waals surface area contributed by atoms with Gasteiger partial charge in [0.05, 0.1) is 0 Å². The van der Waals surface area contributed by atoms with Gasteiger partial charge in [-0.2, -0.15) is 0 Å². The first kappa shape index (κ1) is 22.1. The summed E-state index contributed by atoms with van der Waals surface area (Å²) in [7, 11) is 1.72. The lowest BCUT2D eigenvalue weighted by Crippen LogP contribution is -2.63. The Balaban J connectivity index is 1.93. The maximum atomic E-state index is 12.5. The van der Waals surface area contributed by atoms with E-state index in [9.17, 15) is 9.59 Å². The Morgan fingerprint density at radius 3 is 2.44 bits per heavy atom. The average molecular weight is 397 g/mol. The molecule has 0 aliphatic carbocycles. The molecule has 1 N–H and O–H groups in total. The van der Waals surface area contributed by atoms with E-state index in [1.54, 1.807) is 23.7 Å². The number of carbonyl (C=O) groups excluding carboxylic acids is 2. The molecule has 3 amide bonds. The number of hydrogen-bond donors (Lipinski definition) is 1. The molecule has 1 fully saturated rings. The number of nitrogens with zero attached hydrogens (tertiary/aromatic N) is 3. The van der Waals surface area contributed by atoms with Gasteiger partial charge in [-0.05, 0) is 18.8 Å². The van der Waals surface area contributed by atoms with Crippen LogP contribution < -0.4 is 5.32 Å². The molecule has 2 unspecified atom stereocenters. The van der Waals surface area contributed by atoms with Gasteiger partial charge >= 0.3 is 6.03 Å². The maximum absolute atomic E-state index is 12.5. The highest BCUT2D eigenvalue weighted by molar-refractivity contribution is 8.13. The third-order valence-corrected chi connectivity index (χ3v) is 6.29. The zero-order chi connectivity index (χ0) is 19.8. The molecule has 7 heteroatoms. The van der Waals surface area contributed by atoms with Crippen LogP contribution in [0.4, 0.5) is 4.79 Å². The Kier molecular flexibility index (Phi) is 8.93. The molecule has 2 heterocycles. The van der Waals surface area contributed by atoms with Crippen molar-refractivity contribution in [3.8, 4) is 0 Å². The number of hydrogen-bond acceptors (Lipinski definition) is 5. The molecule has 6 nitrogen and oxygen atoms in total. The minimum Gasteiger partial charge on any atom is -0.336 e. The molecule has 0 aromatic rings. The van der Waals surface area contributed by atoms with E-state index < -0.39 is 6.17 Å². The lowest BCUT2D eigenvalue weighted by Gasteiger charge is -2.36. The topological polar surface area (TPSA) is 65.0 Å². The van der Waals surface area contributed by atoms with E-state index in [0.717, 1.165) is 30.3 Å². The molecule has 0 bridgehead atoms. The van der Waals surface area contributed by atoms with Gasteiger partial charge in [0.1, 0.15) is 0 Å². The fourth-order valence-corrected chi connectivity index (χ4v) is 4.81. The molecule has 0 aromatic heterocycles. The lowest BCUT2D eigenvalue weighted by molar-refractivity contribution is -0.127. The van der Waals surface area contributed by atoms with Crippen LogP contribution in [0.3, 0.4) is 0 Å². The zero-order valence-electron chi connectivity index (χ0n) is 17.4. The first-order chi connectivity index (χ1) is 13.0. The molecular weight excluding hydrogens is 360 g/mol. The summed E-state index contributed by atoms with van der Waals surface area (Å²) < 4.78 is 0. The van der Waals surface area contributed by atoms with Gasteiger partial charge in [-0.15, -0.1) is 0 Å². The summed E-state index contributed by atoms with van der Waals surface area (Å²) in [5.74, 6) is 1.42. The molecule has 27 heavy (non-hydrogen) atoms. The van der Waals surface area contributed by atoms with E-state index in [0.29, 0.717) is 5.92 Å². The normalized spacial score (nSPS) is 22.3. The van der Waals surface area contributed by atoms with Crippen LogP contribution in [0.5, 0.6) is 0 Å². The Bertz CT molecular complexity index is 538. The van der Waals surface area contributed by atoms with Crippen LogP contribution in [0.1, 0.15) is 72.1 Å². The van der Waals surface area contributed by atoms with Crippen molar-refractivity contribution in [2.75, 3.05) is 19.3 Å². The van der Waals surface area contributed by atoms with Gasteiger partial charge in [0, 0.05) is 19.3 Å². The Hall–Kier alpha value is -1.24. The van der Waals surface area contributed by atoms with Crippen LogP contribution in [0.25, 0.3) is 0 Å². The van der Waals surface area contributed by atoms with Crippen LogP contribution in [0.15, 0.2) is 4.99 Å². The van der Waals surface area contributed by atoms with Crippen molar-refractivity contribution in [2.24, 2.45) is 10.9 Å². The molecule has 2 atom stereocenters. The monoisotopic (exact) mass is 396 g/mol. The first-order valence-corrected chi connectivity index (χ1v) is 11.5. The number of likely N-dealkylation sites (N-methyl/N-ethyl adjacent to an activating group) is 1. The van der Waals surface area contributed by atoms with Crippen LogP contribution in [0.2, 0.25) is 0 Å². The van der Waals surface area contributed by atoms with Gasteiger partial charge < -0.3 is 9.80 Å². The highest BCUT2D eigenvalue weighted by Gasteiger charge is 2.48. The van der Waals surface area contributed by atoms with Crippen LogP contribution in [-0.4, -0.2) is 58.5 Å². The fraction of sp³-hybridized carbons (Fsp3) is 0.850. The van der Waals surface area contributed by atoms with Crippen molar-refractivity contribution in [3.63, 3.8) is 0 Å². The number of imide groups is 1. The number of rotatable bonds is 11. The van der Waals surface area contributed by atoms with Crippen molar-refractivity contribution in [2.45, 2.75) is 84.3 Å². The zero-order valence-corrected chi connectivity index (χ0v) is 18.2. The molecule has 154 valence electrons. The molecular formula is C20H36N4O2S. The third kappa shape index (κ3) is 6.13. The number of amidine groups is 1. The second-order valence-corrected chi connectivity index (χ2v) is 9.08. The first-order valence-electron chi connectivity index (χ1n) is 10.5. The number of aliphatic imine (C=N–C) groups is 1. The summed E-state index contributed by atoms with van der Waals surface area (Å²) in [4.78, 5) is 32.9. The smallest absolute Gasteiger partial charge is 0.325 e. The van der Waals surface area contributed by atoms with Crippen molar-refractivity contribution in [1.29, 1.82) is 0 Å². The second kappa shape index (κ2) is 10.9. The quantitative estimate of drug-likeness (QED) is 0.535. The van der Waals surface area contributed by atoms with E-state index in [2.05, 4.69) is 31.0 Å². The second-order valence-electron chi connectivity index (χ2n) is 8.02. The number of carbonyl (C=O) groups is 2. The molecule has 0 saturated carbocycles. The van der Waals surface area contributed by atoms with Crippen molar-refractivity contribution >= 4 is 28.9 Å². The van der Waals surface area contributed by atoms with E-state index >= 15 is 0 Å². The largest absolute Gasteiger partial charge is 0.336 e. The fourth-order valence-electron chi connectivity index (χ4n) is 3.48. The molecule has 2 aliphatic heterocycles. The number of thioether (sulfide) groups is 1. The van der Waals surface area contributed by atoms with E-state index in [4.69, 9.17) is 4.99 Å². The number of urea groups is 1. The number of nitrogens with one attached hydrogen (secondary N) is 1. The van der Waals surface area contributed by atoms with Crippen LogP contribution in [0, 0.1) is 5.92 Å². The Labute approximate surface area is 168 Å². The van der Waals surface area contributed by atoms with E-state index in [1.165, 1.54) is 38.5 Å². The van der Waals surface area contributed by atoms with Crippen LogP contribution in [-0.2, 0) is 4.79 Å². The third-order valence-electron chi connectivity index (χ3n) is 5.25. The summed E-state index contributed by atoms with van der Waals surface area (Å²) in [6.45, 7) is 7.50. The van der Waals surface area contributed by atoms with Gasteiger partial charge in [0.15, 0.2) is 17.4 Å². The minimum absolute atomic E-state index is 0.214. The highest BCUT2D eigenvalue weighted by Crippen LogP contribution is 2.29. The Morgan fingerprint density at radius 2 is 1.78 bits per heavy atom. The lowest BCUT2D eigenvalue weighted by atomic mass is 10.1. The van der Waals surface area contributed by atoms with Crippen molar-refractivity contribution in [3.05, 3.63) is 0 Å². The number of unbranched alkanes of at least 4 members (excludes halogenated alkanes) is 6. The highest BCUT2D eigenvalue weighted by atomic mass is 32.2. The molecule has 0 spiro atoms. The van der Waals surface area contributed by atoms with Gasteiger partial charge in [-0.1, -0.05) is 71.1 Å². The molecule has 1 saturated heterocycles. The number of amides is 3. The summed E-state index contributed by atoms with van der Waals surface area (Å²) >= 11 is 1.72. The Morgan fingerprint density at radius 1 is 1.11 bits per heavy atom.